The van der Waals surface area contributed by atoms with Gasteiger partial charge in [0, 0.05) is 18.1 Å². The standard InChI is InChI=1S/C23H26ClN3/c1-16-12-21-22(13-17(16)2)27(15-19-5-8-20(24)9-6-19)23(26-21)10-7-18-4-3-11-25-14-18/h5-10,12-13,18,25H,3-4,11,14-15H2,1-2H3. The van der Waals surface area contributed by atoms with Crippen molar-refractivity contribution in [3.8, 4) is 0 Å². The van der Waals surface area contributed by atoms with Gasteiger partial charge in [-0.2, -0.15) is 0 Å². The van der Waals surface area contributed by atoms with Gasteiger partial charge in [-0.05, 0) is 86.2 Å². The molecule has 1 fully saturated rings. The van der Waals surface area contributed by atoms with Crippen LogP contribution in [0.2, 0.25) is 5.02 Å². The molecule has 0 radical (unpaired) electrons. The van der Waals surface area contributed by atoms with Crippen LogP contribution in [0.5, 0.6) is 0 Å². The van der Waals surface area contributed by atoms with Crippen molar-refractivity contribution in [1.82, 2.24) is 14.9 Å². The van der Waals surface area contributed by atoms with Crippen LogP contribution in [0.4, 0.5) is 0 Å². The predicted molar refractivity (Wildman–Crippen MR) is 114 cm³/mol. The molecule has 1 unspecified atom stereocenters. The first-order valence-corrected chi connectivity index (χ1v) is 10.1. The monoisotopic (exact) mass is 379 g/mol. The van der Waals surface area contributed by atoms with E-state index < -0.39 is 0 Å². The highest BCUT2D eigenvalue weighted by Crippen LogP contribution is 2.24. The molecule has 2 aromatic carbocycles. The zero-order valence-electron chi connectivity index (χ0n) is 16.0. The predicted octanol–water partition coefficient (Wildman–Crippen LogP) is 5.37. The molecule has 1 N–H and O–H groups in total. The molecule has 2 heterocycles. The second-order valence-corrected chi connectivity index (χ2v) is 8.01. The molecule has 1 aliphatic rings. The van der Waals surface area contributed by atoms with Gasteiger partial charge < -0.3 is 9.88 Å². The summed E-state index contributed by atoms with van der Waals surface area (Å²) in [6, 6.07) is 12.5. The topological polar surface area (TPSA) is 29.9 Å². The smallest absolute Gasteiger partial charge is 0.133 e. The normalized spacial score (nSPS) is 17.8. The third-order valence-electron chi connectivity index (χ3n) is 5.50. The first kappa shape index (κ1) is 18.3. The number of hydrogen-bond donors (Lipinski definition) is 1. The quantitative estimate of drug-likeness (QED) is 0.660. The number of piperidine rings is 1. The van der Waals surface area contributed by atoms with Crippen LogP contribution in [0, 0.1) is 19.8 Å². The van der Waals surface area contributed by atoms with E-state index in [0.29, 0.717) is 5.92 Å². The fraction of sp³-hybridized carbons (Fsp3) is 0.348. The van der Waals surface area contributed by atoms with E-state index in [2.05, 4.69) is 60.1 Å². The maximum atomic E-state index is 6.06. The minimum Gasteiger partial charge on any atom is -0.320 e. The van der Waals surface area contributed by atoms with E-state index in [0.717, 1.165) is 36.0 Å². The minimum absolute atomic E-state index is 0.589. The number of aryl methyl sites for hydroxylation is 2. The zero-order chi connectivity index (χ0) is 18.8. The van der Waals surface area contributed by atoms with E-state index >= 15 is 0 Å². The Morgan fingerprint density at radius 3 is 2.70 bits per heavy atom. The molecule has 4 heteroatoms. The summed E-state index contributed by atoms with van der Waals surface area (Å²) in [6.45, 7) is 7.30. The Bertz CT molecular complexity index is 963. The van der Waals surface area contributed by atoms with Gasteiger partial charge in [0.2, 0.25) is 0 Å². The summed E-state index contributed by atoms with van der Waals surface area (Å²) in [5.74, 6) is 1.61. The molecule has 0 spiro atoms. The number of hydrogen-bond acceptors (Lipinski definition) is 2. The van der Waals surface area contributed by atoms with Gasteiger partial charge in [0.05, 0.1) is 11.0 Å². The SMILES string of the molecule is Cc1cc2nc(C=CC3CCCNC3)n(Cc3ccc(Cl)cc3)c2cc1C. The molecule has 3 aromatic rings. The van der Waals surface area contributed by atoms with E-state index in [1.807, 2.05) is 12.1 Å². The average Bonchev–Trinajstić information content (AvgIpc) is 2.99. The second kappa shape index (κ2) is 7.87. The highest BCUT2D eigenvalue weighted by molar-refractivity contribution is 6.30. The van der Waals surface area contributed by atoms with E-state index in [9.17, 15) is 0 Å². The zero-order valence-corrected chi connectivity index (χ0v) is 16.8. The average molecular weight is 380 g/mol. The Labute approximate surface area is 166 Å². The van der Waals surface area contributed by atoms with Crippen LogP contribution in [-0.4, -0.2) is 22.6 Å². The molecule has 0 saturated carbocycles. The molecule has 0 aliphatic carbocycles. The van der Waals surface area contributed by atoms with Crippen LogP contribution in [0.3, 0.4) is 0 Å². The fourth-order valence-corrected chi connectivity index (χ4v) is 3.86. The van der Waals surface area contributed by atoms with Crippen molar-refractivity contribution in [2.75, 3.05) is 13.1 Å². The molecule has 3 nitrogen and oxygen atoms in total. The largest absolute Gasteiger partial charge is 0.320 e. The number of fused-ring (bicyclic) bond motifs is 1. The molecule has 0 amide bonds. The Balaban J connectivity index is 1.73. The van der Waals surface area contributed by atoms with E-state index in [1.54, 1.807) is 0 Å². The summed E-state index contributed by atoms with van der Waals surface area (Å²) in [4.78, 5) is 4.94. The van der Waals surface area contributed by atoms with Gasteiger partial charge >= 0.3 is 0 Å². The first-order valence-electron chi connectivity index (χ1n) is 9.71. The Morgan fingerprint density at radius 1 is 1.19 bits per heavy atom. The first-order chi connectivity index (χ1) is 13.1. The summed E-state index contributed by atoms with van der Waals surface area (Å²) in [7, 11) is 0. The lowest BCUT2D eigenvalue weighted by Crippen LogP contribution is -2.28. The van der Waals surface area contributed by atoms with Gasteiger partial charge in [-0.3, -0.25) is 0 Å². The summed E-state index contributed by atoms with van der Waals surface area (Å²) >= 11 is 6.06. The molecule has 4 rings (SSSR count). The molecule has 1 saturated heterocycles. The molecule has 1 aromatic heterocycles. The number of nitrogens with zero attached hydrogens (tertiary/aromatic N) is 2. The third-order valence-corrected chi connectivity index (χ3v) is 5.75. The number of rotatable bonds is 4. The fourth-order valence-electron chi connectivity index (χ4n) is 3.73. The lowest BCUT2D eigenvalue weighted by molar-refractivity contribution is 0.439. The molecule has 1 atom stereocenters. The summed E-state index contributed by atoms with van der Waals surface area (Å²) in [5.41, 5.74) is 6.06. The van der Waals surface area contributed by atoms with Crippen LogP contribution in [-0.2, 0) is 6.54 Å². The molecule has 1 aliphatic heterocycles. The van der Waals surface area contributed by atoms with Gasteiger partial charge in [-0.25, -0.2) is 4.98 Å². The Hall–Kier alpha value is -2.10. The highest BCUT2D eigenvalue weighted by Gasteiger charge is 2.13. The van der Waals surface area contributed by atoms with Gasteiger partial charge in [0.1, 0.15) is 5.82 Å². The number of imidazole rings is 1. The lowest BCUT2D eigenvalue weighted by atomic mass is 9.99. The molecule has 140 valence electrons. The molecule has 27 heavy (non-hydrogen) atoms. The van der Waals surface area contributed by atoms with Crippen molar-refractivity contribution >= 4 is 28.7 Å². The van der Waals surface area contributed by atoms with Gasteiger partial charge in [-0.1, -0.05) is 29.8 Å². The van der Waals surface area contributed by atoms with Crippen LogP contribution in [0.1, 0.15) is 35.4 Å². The van der Waals surface area contributed by atoms with Crippen LogP contribution in [0.25, 0.3) is 17.1 Å². The Morgan fingerprint density at radius 2 is 1.96 bits per heavy atom. The minimum atomic E-state index is 0.589. The van der Waals surface area contributed by atoms with Crippen molar-refractivity contribution in [2.24, 2.45) is 5.92 Å². The van der Waals surface area contributed by atoms with Gasteiger partial charge in [0.15, 0.2) is 0 Å². The summed E-state index contributed by atoms with van der Waals surface area (Å²) in [6.07, 6.45) is 7.03. The number of nitrogens with one attached hydrogen (secondary N) is 1. The van der Waals surface area contributed by atoms with E-state index in [4.69, 9.17) is 16.6 Å². The molecular formula is C23H26ClN3. The van der Waals surface area contributed by atoms with Gasteiger partial charge in [-0.15, -0.1) is 0 Å². The number of halogens is 1. The van der Waals surface area contributed by atoms with Crippen molar-refractivity contribution < 1.29 is 0 Å². The summed E-state index contributed by atoms with van der Waals surface area (Å²) in [5, 5.41) is 4.25. The van der Waals surface area contributed by atoms with E-state index in [1.165, 1.54) is 35.0 Å². The van der Waals surface area contributed by atoms with Crippen molar-refractivity contribution in [2.45, 2.75) is 33.2 Å². The lowest BCUT2D eigenvalue weighted by Gasteiger charge is -2.19. The highest BCUT2D eigenvalue weighted by atomic mass is 35.5. The van der Waals surface area contributed by atoms with Crippen molar-refractivity contribution in [1.29, 1.82) is 0 Å². The number of aromatic nitrogens is 2. The van der Waals surface area contributed by atoms with Crippen LogP contribution >= 0.6 is 11.6 Å². The Kier molecular flexibility index (Phi) is 5.33. The van der Waals surface area contributed by atoms with Gasteiger partial charge in [0.25, 0.3) is 0 Å². The maximum Gasteiger partial charge on any atom is 0.133 e. The van der Waals surface area contributed by atoms with Crippen LogP contribution in [0.15, 0.2) is 42.5 Å². The van der Waals surface area contributed by atoms with Crippen molar-refractivity contribution in [3.05, 3.63) is 70.0 Å². The maximum absolute atomic E-state index is 6.06. The number of benzene rings is 2. The third kappa shape index (κ3) is 4.10. The van der Waals surface area contributed by atoms with Crippen molar-refractivity contribution in [3.63, 3.8) is 0 Å². The van der Waals surface area contributed by atoms with E-state index in [-0.39, 0.29) is 0 Å². The summed E-state index contributed by atoms with van der Waals surface area (Å²) < 4.78 is 2.32. The van der Waals surface area contributed by atoms with Crippen LogP contribution < -0.4 is 5.32 Å². The molecular weight excluding hydrogens is 354 g/mol. The molecule has 0 bridgehead atoms. The second-order valence-electron chi connectivity index (χ2n) is 7.57.